The van der Waals surface area contributed by atoms with Crippen molar-refractivity contribution in [3.05, 3.63) is 81.5 Å². The number of aryl methyl sites for hydroxylation is 1. The molecule has 2 aromatic heterocycles. The molecule has 4 rings (SSSR count). The first-order chi connectivity index (χ1) is 14.5. The van der Waals surface area contributed by atoms with Gasteiger partial charge in [-0.25, -0.2) is 5.43 Å². The minimum absolute atomic E-state index is 0.254. The lowest BCUT2D eigenvalue weighted by Gasteiger charge is -2.13. The molecule has 0 atom stereocenters. The van der Waals surface area contributed by atoms with Crippen LogP contribution in [0.3, 0.4) is 0 Å². The second kappa shape index (κ2) is 8.62. The SMILES string of the molecule is Cc1c(C(=O)Nc2ccccc2Br)oc2c1/C(=N/NC(=O)c1cccnc1)CCC2. The van der Waals surface area contributed by atoms with Gasteiger partial charge in [-0.2, -0.15) is 5.10 Å². The molecule has 8 heteroatoms. The molecule has 0 radical (unpaired) electrons. The van der Waals surface area contributed by atoms with Crippen LogP contribution >= 0.6 is 15.9 Å². The van der Waals surface area contributed by atoms with Crippen molar-refractivity contribution in [2.24, 2.45) is 5.10 Å². The summed E-state index contributed by atoms with van der Waals surface area (Å²) < 4.78 is 6.69. The number of nitrogens with zero attached hydrogens (tertiary/aromatic N) is 2. The molecule has 0 fully saturated rings. The predicted molar refractivity (Wildman–Crippen MR) is 117 cm³/mol. The summed E-state index contributed by atoms with van der Waals surface area (Å²) in [7, 11) is 0. The monoisotopic (exact) mass is 466 g/mol. The summed E-state index contributed by atoms with van der Waals surface area (Å²) in [5, 5.41) is 7.19. The molecule has 0 spiro atoms. The molecular weight excluding hydrogens is 448 g/mol. The van der Waals surface area contributed by atoms with E-state index in [2.05, 4.69) is 36.8 Å². The molecule has 0 saturated heterocycles. The number of nitrogens with one attached hydrogen (secondary N) is 2. The van der Waals surface area contributed by atoms with Crippen LogP contribution in [0.4, 0.5) is 5.69 Å². The van der Waals surface area contributed by atoms with E-state index in [1.165, 1.54) is 6.20 Å². The molecule has 1 aromatic carbocycles. The van der Waals surface area contributed by atoms with Gasteiger partial charge in [-0.05, 0) is 60.0 Å². The number of hydrazone groups is 1. The number of hydrogen-bond acceptors (Lipinski definition) is 5. The average Bonchev–Trinajstić information content (AvgIpc) is 3.11. The number of anilines is 1. The summed E-state index contributed by atoms with van der Waals surface area (Å²) >= 11 is 3.43. The largest absolute Gasteiger partial charge is 0.455 e. The van der Waals surface area contributed by atoms with Crippen molar-refractivity contribution in [1.29, 1.82) is 0 Å². The van der Waals surface area contributed by atoms with Gasteiger partial charge in [0.2, 0.25) is 0 Å². The van der Waals surface area contributed by atoms with Gasteiger partial charge in [-0.1, -0.05) is 12.1 Å². The summed E-state index contributed by atoms with van der Waals surface area (Å²) in [6.07, 6.45) is 5.31. The number of benzene rings is 1. The number of aromatic nitrogens is 1. The average molecular weight is 467 g/mol. The van der Waals surface area contributed by atoms with Gasteiger partial charge in [-0.3, -0.25) is 14.6 Å². The maximum Gasteiger partial charge on any atom is 0.291 e. The van der Waals surface area contributed by atoms with E-state index in [9.17, 15) is 9.59 Å². The first-order valence-electron chi connectivity index (χ1n) is 9.50. The first kappa shape index (κ1) is 20.0. The van der Waals surface area contributed by atoms with Crippen molar-refractivity contribution in [3.63, 3.8) is 0 Å². The zero-order chi connectivity index (χ0) is 21.1. The quantitative estimate of drug-likeness (QED) is 0.554. The lowest BCUT2D eigenvalue weighted by atomic mass is 9.93. The highest BCUT2D eigenvalue weighted by Crippen LogP contribution is 2.31. The number of fused-ring (bicyclic) bond motifs is 1. The van der Waals surface area contributed by atoms with E-state index >= 15 is 0 Å². The van der Waals surface area contributed by atoms with Crippen LogP contribution < -0.4 is 10.7 Å². The summed E-state index contributed by atoms with van der Waals surface area (Å²) in [5.41, 5.74) is 5.88. The first-order valence-corrected chi connectivity index (χ1v) is 10.3. The van der Waals surface area contributed by atoms with Gasteiger partial charge < -0.3 is 9.73 Å². The van der Waals surface area contributed by atoms with Gasteiger partial charge >= 0.3 is 0 Å². The molecule has 2 amide bonds. The Hall–Kier alpha value is -3.26. The Morgan fingerprint density at radius 3 is 2.73 bits per heavy atom. The molecule has 30 heavy (non-hydrogen) atoms. The topological polar surface area (TPSA) is 96.6 Å². The highest BCUT2D eigenvalue weighted by atomic mass is 79.9. The van der Waals surface area contributed by atoms with Crippen LogP contribution in [0.1, 0.15) is 50.6 Å². The van der Waals surface area contributed by atoms with Crippen LogP contribution in [-0.4, -0.2) is 22.5 Å². The van der Waals surface area contributed by atoms with E-state index in [0.717, 1.165) is 16.5 Å². The van der Waals surface area contributed by atoms with Crippen LogP contribution in [0.2, 0.25) is 0 Å². The van der Waals surface area contributed by atoms with Crippen molar-refractivity contribution >= 4 is 39.1 Å². The molecular formula is C22H19BrN4O3. The third-order valence-electron chi connectivity index (χ3n) is 4.87. The molecule has 1 aliphatic carbocycles. The summed E-state index contributed by atoms with van der Waals surface area (Å²) in [5.74, 6) is 0.303. The molecule has 1 aliphatic rings. The number of carbonyl (C=O) groups excluding carboxylic acids is 2. The maximum atomic E-state index is 12.8. The molecule has 0 bridgehead atoms. The zero-order valence-corrected chi connectivity index (χ0v) is 17.8. The van der Waals surface area contributed by atoms with E-state index in [1.807, 2.05) is 25.1 Å². The van der Waals surface area contributed by atoms with Crippen LogP contribution in [0, 0.1) is 6.92 Å². The second-order valence-corrected chi connectivity index (χ2v) is 7.74. The van der Waals surface area contributed by atoms with Crippen LogP contribution in [0.5, 0.6) is 0 Å². The lowest BCUT2D eigenvalue weighted by molar-refractivity contribution is 0.0953. The Kier molecular flexibility index (Phi) is 5.76. The van der Waals surface area contributed by atoms with E-state index in [1.54, 1.807) is 24.4 Å². The molecule has 0 aliphatic heterocycles. The summed E-state index contributed by atoms with van der Waals surface area (Å²) in [4.78, 5) is 29.0. The van der Waals surface area contributed by atoms with Crippen LogP contribution in [-0.2, 0) is 6.42 Å². The molecule has 0 saturated carbocycles. The Bertz CT molecular complexity index is 1140. The minimum Gasteiger partial charge on any atom is -0.455 e. The van der Waals surface area contributed by atoms with Gasteiger partial charge in [0.25, 0.3) is 11.8 Å². The summed E-state index contributed by atoms with van der Waals surface area (Å²) in [6, 6.07) is 10.7. The number of hydrogen-bond donors (Lipinski definition) is 2. The highest BCUT2D eigenvalue weighted by Gasteiger charge is 2.28. The van der Waals surface area contributed by atoms with Crippen molar-refractivity contribution < 1.29 is 14.0 Å². The number of carbonyl (C=O) groups is 2. The van der Waals surface area contributed by atoms with E-state index in [4.69, 9.17) is 4.42 Å². The molecule has 152 valence electrons. The fourth-order valence-corrected chi connectivity index (χ4v) is 3.80. The Labute approximate surface area is 181 Å². The van der Waals surface area contributed by atoms with Gasteiger partial charge in [0, 0.05) is 34.4 Å². The predicted octanol–water partition coefficient (Wildman–Crippen LogP) is 4.47. The Balaban J connectivity index is 1.58. The third kappa shape index (κ3) is 4.04. The van der Waals surface area contributed by atoms with Gasteiger partial charge in [-0.15, -0.1) is 0 Å². The van der Waals surface area contributed by atoms with E-state index < -0.39 is 0 Å². The number of halogens is 1. The van der Waals surface area contributed by atoms with Crippen molar-refractivity contribution in [3.8, 4) is 0 Å². The van der Waals surface area contributed by atoms with Gasteiger partial charge in [0.1, 0.15) is 5.76 Å². The number of furan rings is 1. The molecule has 2 heterocycles. The summed E-state index contributed by atoms with van der Waals surface area (Å²) in [6.45, 7) is 1.83. The fourth-order valence-electron chi connectivity index (χ4n) is 3.42. The smallest absolute Gasteiger partial charge is 0.291 e. The molecule has 0 unspecified atom stereocenters. The second-order valence-electron chi connectivity index (χ2n) is 6.88. The Morgan fingerprint density at radius 1 is 1.13 bits per heavy atom. The van der Waals surface area contributed by atoms with Crippen molar-refractivity contribution in [1.82, 2.24) is 10.4 Å². The van der Waals surface area contributed by atoms with Crippen LogP contribution in [0.25, 0.3) is 0 Å². The lowest BCUT2D eigenvalue weighted by Crippen LogP contribution is -2.22. The molecule has 7 nitrogen and oxygen atoms in total. The number of rotatable bonds is 4. The third-order valence-corrected chi connectivity index (χ3v) is 5.56. The number of para-hydroxylation sites is 1. The van der Waals surface area contributed by atoms with Gasteiger partial charge in [0.15, 0.2) is 5.76 Å². The van der Waals surface area contributed by atoms with Crippen molar-refractivity contribution in [2.75, 3.05) is 5.32 Å². The maximum absolute atomic E-state index is 12.8. The van der Waals surface area contributed by atoms with Crippen LogP contribution in [0.15, 0.2) is 62.8 Å². The van der Waals surface area contributed by atoms with Gasteiger partial charge in [0.05, 0.1) is 17.0 Å². The highest BCUT2D eigenvalue weighted by molar-refractivity contribution is 9.10. The molecule has 2 N–H and O–H groups in total. The fraction of sp³-hybridized carbons (Fsp3) is 0.182. The zero-order valence-electron chi connectivity index (χ0n) is 16.2. The normalized spacial score (nSPS) is 14.3. The minimum atomic E-state index is -0.337. The van der Waals surface area contributed by atoms with Crippen molar-refractivity contribution in [2.45, 2.75) is 26.2 Å². The molecule has 3 aromatic rings. The number of amides is 2. The van der Waals surface area contributed by atoms with E-state index in [-0.39, 0.29) is 17.6 Å². The Morgan fingerprint density at radius 2 is 1.97 bits per heavy atom. The van der Waals surface area contributed by atoms with E-state index in [0.29, 0.717) is 41.1 Å². The number of pyridine rings is 1. The standard InChI is InChI=1S/C22H19BrN4O3/c1-13-19-17(26-27-21(28)14-6-5-11-24-12-14)9-4-10-18(19)30-20(13)22(29)25-16-8-3-2-7-15(16)23/h2-3,5-8,11-12H,4,9-10H2,1H3,(H,25,29)(H,27,28)/b26-17+.